The Balaban J connectivity index is 1.63. The van der Waals surface area contributed by atoms with Crippen LogP contribution < -0.4 is 10.1 Å². The molecular weight excluding hydrogens is 335 g/mol. The zero-order chi connectivity index (χ0) is 17.9. The third-order valence-electron chi connectivity index (χ3n) is 3.46. The van der Waals surface area contributed by atoms with Crippen LogP contribution in [0.3, 0.4) is 0 Å². The number of halogens is 3. The fourth-order valence-electron chi connectivity index (χ4n) is 2.13. The van der Waals surface area contributed by atoms with Gasteiger partial charge in [0.15, 0.2) is 0 Å². The van der Waals surface area contributed by atoms with Crippen LogP contribution in [0.1, 0.15) is 11.5 Å². The molecule has 1 heterocycles. The lowest BCUT2D eigenvalue weighted by Gasteiger charge is -2.08. The summed E-state index contributed by atoms with van der Waals surface area (Å²) in [6.07, 6.45) is -4.35. The second-order valence-corrected chi connectivity index (χ2v) is 5.16. The fraction of sp³-hybridized carbons (Fsp3) is 0.176. The molecule has 3 aromatic rings. The Morgan fingerprint density at radius 1 is 1.00 bits per heavy atom. The minimum absolute atomic E-state index is 0.203. The average Bonchev–Trinajstić information content (AvgIpc) is 3.09. The van der Waals surface area contributed by atoms with Crippen LogP contribution in [0.4, 0.5) is 18.9 Å². The van der Waals surface area contributed by atoms with Gasteiger partial charge in [0, 0.05) is 11.3 Å². The summed E-state index contributed by atoms with van der Waals surface area (Å²) < 4.78 is 48.2. The van der Waals surface area contributed by atoms with Gasteiger partial charge in [-0.3, -0.25) is 0 Å². The lowest BCUT2D eigenvalue weighted by Crippen LogP contribution is -2.05. The average molecular weight is 349 g/mol. The lowest BCUT2D eigenvalue weighted by molar-refractivity contribution is -0.137. The van der Waals surface area contributed by atoms with E-state index < -0.39 is 11.7 Å². The molecule has 0 saturated carbocycles. The smallest absolute Gasteiger partial charge is 0.416 e. The molecule has 0 aliphatic carbocycles. The molecule has 8 heteroatoms. The van der Waals surface area contributed by atoms with Crippen molar-refractivity contribution in [2.75, 3.05) is 12.4 Å². The van der Waals surface area contributed by atoms with Crippen LogP contribution in [0.5, 0.6) is 5.75 Å². The standard InChI is InChI=1S/C17H14F3N3O2/c1-24-14-8-2-11(3-9-14)16-23-22-15(25-16)10-21-13-6-4-12(5-7-13)17(18,19)20/h2-9,21H,10H2,1H3. The molecule has 0 bridgehead atoms. The summed E-state index contributed by atoms with van der Waals surface area (Å²) in [5, 5.41) is 10.8. The summed E-state index contributed by atoms with van der Waals surface area (Å²) in [6, 6.07) is 11.9. The van der Waals surface area contributed by atoms with E-state index in [2.05, 4.69) is 15.5 Å². The van der Waals surface area contributed by atoms with Crippen LogP contribution in [0.15, 0.2) is 52.9 Å². The Hall–Kier alpha value is -3.03. The van der Waals surface area contributed by atoms with Crippen LogP contribution in [-0.4, -0.2) is 17.3 Å². The summed E-state index contributed by atoms with van der Waals surface area (Å²) >= 11 is 0. The number of nitrogens with zero attached hydrogens (tertiary/aromatic N) is 2. The molecule has 0 aliphatic rings. The predicted molar refractivity (Wildman–Crippen MR) is 85.1 cm³/mol. The van der Waals surface area contributed by atoms with E-state index in [0.717, 1.165) is 17.7 Å². The first kappa shape index (κ1) is 16.8. The van der Waals surface area contributed by atoms with Gasteiger partial charge in [-0.25, -0.2) is 0 Å². The van der Waals surface area contributed by atoms with Crippen molar-refractivity contribution in [3.05, 3.63) is 60.0 Å². The Morgan fingerprint density at radius 3 is 2.28 bits per heavy atom. The number of methoxy groups -OCH3 is 1. The molecule has 0 saturated heterocycles. The maximum absolute atomic E-state index is 12.5. The van der Waals surface area contributed by atoms with Gasteiger partial charge in [-0.15, -0.1) is 10.2 Å². The van der Waals surface area contributed by atoms with E-state index in [1.807, 2.05) is 0 Å². The largest absolute Gasteiger partial charge is 0.497 e. The molecule has 0 amide bonds. The minimum atomic E-state index is -4.35. The zero-order valence-electron chi connectivity index (χ0n) is 13.2. The molecule has 1 aromatic heterocycles. The normalized spacial score (nSPS) is 11.4. The molecule has 25 heavy (non-hydrogen) atoms. The van der Waals surface area contributed by atoms with Crippen molar-refractivity contribution in [2.24, 2.45) is 0 Å². The summed E-state index contributed by atoms with van der Waals surface area (Å²) in [5.74, 6) is 1.39. The van der Waals surface area contributed by atoms with Gasteiger partial charge in [0.2, 0.25) is 11.8 Å². The molecule has 0 atom stereocenters. The van der Waals surface area contributed by atoms with Crippen molar-refractivity contribution in [3.8, 4) is 17.2 Å². The van der Waals surface area contributed by atoms with Crippen LogP contribution in [0, 0.1) is 0 Å². The maximum atomic E-state index is 12.5. The number of nitrogens with one attached hydrogen (secondary N) is 1. The van der Waals surface area contributed by atoms with Gasteiger partial charge >= 0.3 is 6.18 Å². The summed E-state index contributed by atoms with van der Waals surface area (Å²) in [7, 11) is 1.58. The Bertz CT molecular complexity index is 828. The van der Waals surface area contributed by atoms with Gasteiger partial charge in [0.1, 0.15) is 5.75 Å². The van der Waals surface area contributed by atoms with Crippen molar-refractivity contribution < 1.29 is 22.3 Å². The second kappa shape index (κ2) is 6.84. The fourth-order valence-corrected chi connectivity index (χ4v) is 2.13. The Morgan fingerprint density at radius 2 is 1.68 bits per heavy atom. The molecule has 1 N–H and O–H groups in total. The SMILES string of the molecule is COc1ccc(-c2nnc(CNc3ccc(C(F)(F)F)cc3)o2)cc1. The minimum Gasteiger partial charge on any atom is -0.497 e. The zero-order valence-corrected chi connectivity index (χ0v) is 13.2. The van der Waals surface area contributed by atoms with Gasteiger partial charge in [0.25, 0.3) is 0 Å². The van der Waals surface area contributed by atoms with E-state index in [9.17, 15) is 13.2 Å². The number of alkyl halides is 3. The highest BCUT2D eigenvalue weighted by Gasteiger charge is 2.29. The molecule has 0 fully saturated rings. The van der Waals surface area contributed by atoms with E-state index >= 15 is 0 Å². The van der Waals surface area contributed by atoms with E-state index in [0.29, 0.717) is 23.2 Å². The molecule has 2 aromatic carbocycles. The molecule has 5 nitrogen and oxygen atoms in total. The third kappa shape index (κ3) is 4.09. The van der Waals surface area contributed by atoms with Crippen LogP contribution in [0.25, 0.3) is 11.5 Å². The first-order valence-electron chi connectivity index (χ1n) is 7.33. The van der Waals surface area contributed by atoms with Crippen molar-refractivity contribution in [2.45, 2.75) is 12.7 Å². The molecule has 0 spiro atoms. The first-order valence-corrected chi connectivity index (χ1v) is 7.33. The van der Waals surface area contributed by atoms with E-state index in [1.54, 1.807) is 31.4 Å². The van der Waals surface area contributed by atoms with Crippen molar-refractivity contribution in [1.82, 2.24) is 10.2 Å². The van der Waals surface area contributed by atoms with Gasteiger partial charge < -0.3 is 14.5 Å². The van der Waals surface area contributed by atoms with Gasteiger partial charge in [-0.2, -0.15) is 13.2 Å². The number of anilines is 1. The van der Waals surface area contributed by atoms with Crippen molar-refractivity contribution in [3.63, 3.8) is 0 Å². The molecule has 3 rings (SSSR count). The molecular formula is C17H14F3N3O2. The number of hydrogen-bond acceptors (Lipinski definition) is 5. The number of benzene rings is 2. The predicted octanol–water partition coefficient (Wildman–Crippen LogP) is 4.38. The summed E-state index contributed by atoms with van der Waals surface area (Å²) in [5.41, 5.74) is 0.573. The summed E-state index contributed by atoms with van der Waals surface area (Å²) in [4.78, 5) is 0. The third-order valence-corrected chi connectivity index (χ3v) is 3.46. The summed E-state index contributed by atoms with van der Waals surface area (Å²) in [6.45, 7) is 0.203. The molecule has 0 aliphatic heterocycles. The number of rotatable bonds is 5. The maximum Gasteiger partial charge on any atom is 0.416 e. The lowest BCUT2D eigenvalue weighted by atomic mass is 10.2. The van der Waals surface area contributed by atoms with E-state index in [-0.39, 0.29) is 6.54 Å². The molecule has 0 radical (unpaired) electrons. The van der Waals surface area contributed by atoms with Crippen LogP contribution in [-0.2, 0) is 12.7 Å². The monoisotopic (exact) mass is 349 g/mol. The Kier molecular flexibility index (Phi) is 4.60. The van der Waals surface area contributed by atoms with E-state index in [1.165, 1.54) is 12.1 Å². The number of hydrogen-bond donors (Lipinski definition) is 1. The van der Waals surface area contributed by atoms with Crippen molar-refractivity contribution in [1.29, 1.82) is 0 Å². The highest BCUT2D eigenvalue weighted by molar-refractivity contribution is 5.54. The topological polar surface area (TPSA) is 60.2 Å². The molecule has 0 unspecified atom stereocenters. The highest BCUT2D eigenvalue weighted by atomic mass is 19.4. The second-order valence-electron chi connectivity index (χ2n) is 5.16. The van der Waals surface area contributed by atoms with Crippen LogP contribution in [0.2, 0.25) is 0 Å². The first-order chi connectivity index (χ1) is 12.0. The van der Waals surface area contributed by atoms with Crippen LogP contribution >= 0.6 is 0 Å². The van der Waals surface area contributed by atoms with Gasteiger partial charge in [-0.05, 0) is 48.5 Å². The van der Waals surface area contributed by atoms with E-state index in [4.69, 9.17) is 9.15 Å². The van der Waals surface area contributed by atoms with Gasteiger partial charge in [-0.1, -0.05) is 0 Å². The number of ether oxygens (including phenoxy) is 1. The highest BCUT2D eigenvalue weighted by Crippen LogP contribution is 2.30. The van der Waals surface area contributed by atoms with Crippen molar-refractivity contribution >= 4 is 5.69 Å². The quantitative estimate of drug-likeness (QED) is 0.741. The Labute approximate surface area is 141 Å². The molecule has 130 valence electrons. The van der Waals surface area contributed by atoms with Gasteiger partial charge in [0.05, 0.1) is 19.2 Å². The number of aromatic nitrogens is 2.